The van der Waals surface area contributed by atoms with E-state index in [0.717, 1.165) is 6.54 Å². The normalized spacial score (nSPS) is 24.4. The minimum Gasteiger partial charge on any atom is -0.358 e. The van der Waals surface area contributed by atoms with Crippen LogP contribution in [0.15, 0.2) is 24.3 Å². The second-order valence-electron chi connectivity index (χ2n) is 4.84. The Labute approximate surface area is 97.5 Å². The number of fused-ring (bicyclic) bond motifs is 1. The molecule has 0 amide bonds. The minimum atomic E-state index is 0.494. The van der Waals surface area contributed by atoms with Crippen molar-refractivity contribution in [3.63, 3.8) is 0 Å². The molecule has 0 aromatic heterocycles. The Morgan fingerprint density at radius 3 is 2.88 bits per heavy atom. The fourth-order valence-electron chi connectivity index (χ4n) is 2.71. The average Bonchev–Trinajstić information content (AvgIpc) is 2.38. The third kappa shape index (κ3) is 2.04. The molecular weight excluding hydrogens is 196 g/mol. The molecule has 0 unspecified atom stereocenters. The van der Waals surface area contributed by atoms with Crippen LogP contribution in [0.5, 0.6) is 0 Å². The molecule has 0 spiro atoms. The molecule has 1 heterocycles. The molecule has 0 N–H and O–H groups in total. The number of rotatable bonds is 1. The molecule has 0 bridgehead atoms. The topological polar surface area (TPSA) is 27.0 Å². The van der Waals surface area contributed by atoms with E-state index in [1.54, 1.807) is 0 Å². The largest absolute Gasteiger partial charge is 0.358 e. The van der Waals surface area contributed by atoms with Crippen molar-refractivity contribution in [2.45, 2.75) is 26.2 Å². The van der Waals surface area contributed by atoms with Crippen LogP contribution in [0.25, 0.3) is 0 Å². The lowest BCUT2D eigenvalue weighted by molar-refractivity contribution is 0.499. The van der Waals surface area contributed by atoms with Gasteiger partial charge in [-0.1, -0.05) is 32.0 Å². The minimum absolute atomic E-state index is 0.494. The van der Waals surface area contributed by atoms with Crippen molar-refractivity contribution < 1.29 is 0 Å². The lowest BCUT2D eigenvalue weighted by atomic mass is 9.92. The molecule has 2 rings (SSSR count). The van der Waals surface area contributed by atoms with E-state index in [1.165, 1.54) is 17.7 Å². The summed E-state index contributed by atoms with van der Waals surface area (Å²) in [6.07, 6.45) is 1.21. The van der Waals surface area contributed by atoms with E-state index >= 15 is 0 Å². The van der Waals surface area contributed by atoms with Gasteiger partial charge >= 0.3 is 0 Å². The third-order valence-corrected chi connectivity index (χ3v) is 3.36. The van der Waals surface area contributed by atoms with Crippen molar-refractivity contribution in [3.05, 3.63) is 29.8 Å². The third-order valence-electron chi connectivity index (χ3n) is 3.36. The zero-order valence-corrected chi connectivity index (χ0v) is 9.98. The smallest absolute Gasteiger partial charge is 0.105 e. The Balaban J connectivity index is 2.41. The van der Waals surface area contributed by atoms with Crippen LogP contribution in [-0.2, 0) is 0 Å². The zero-order chi connectivity index (χ0) is 11.5. The van der Waals surface area contributed by atoms with Gasteiger partial charge in [-0.05, 0) is 29.9 Å². The van der Waals surface area contributed by atoms with Crippen molar-refractivity contribution in [2.24, 2.45) is 5.92 Å². The molecular formula is C14H18N2. The second kappa shape index (κ2) is 4.57. The first-order chi connectivity index (χ1) is 7.72. The zero-order valence-electron chi connectivity index (χ0n) is 9.98. The van der Waals surface area contributed by atoms with E-state index in [-0.39, 0.29) is 0 Å². The van der Waals surface area contributed by atoms with E-state index in [4.69, 9.17) is 5.26 Å². The van der Waals surface area contributed by atoms with Crippen LogP contribution in [0.2, 0.25) is 0 Å². The van der Waals surface area contributed by atoms with Crippen LogP contribution in [0.4, 0.5) is 5.69 Å². The highest BCUT2D eigenvalue weighted by atomic mass is 15.1. The molecule has 1 aromatic carbocycles. The SMILES string of the molecule is C[C@@H]1C[C@@H](C)c2ccccc2N(CC#N)C1. The van der Waals surface area contributed by atoms with Crippen LogP contribution in [0.1, 0.15) is 31.7 Å². The number of para-hydroxylation sites is 1. The fraction of sp³-hybridized carbons (Fsp3) is 0.500. The number of nitriles is 1. The molecule has 2 nitrogen and oxygen atoms in total. The van der Waals surface area contributed by atoms with Gasteiger partial charge in [0, 0.05) is 12.2 Å². The summed E-state index contributed by atoms with van der Waals surface area (Å²) in [6.45, 7) is 6.04. The van der Waals surface area contributed by atoms with Crippen molar-refractivity contribution >= 4 is 5.69 Å². The van der Waals surface area contributed by atoms with Crippen molar-refractivity contribution in [2.75, 3.05) is 18.0 Å². The van der Waals surface area contributed by atoms with E-state index in [2.05, 4.69) is 49.1 Å². The molecule has 16 heavy (non-hydrogen) atoms. The molecule has 0 saturated heterocycles. The van der Waals surface area contributed by atoms with Gasteiger partial charge in [-0.3, -0.25) is 0 Å². The Bertz CT molecular complexity index is 405. The molecule has 0 saturated carbocycles. The van der Waals surface area contributed by atoms with Gasteiger partial charge in [0.2, 0.25) is 0 Å². The van der Waals surface area contributed by atoms with E-state index < -0.39 is 0 Å². The van der Waals surface area contributed by atoms with Gasteiger partial charge < -0.3 is 4.90 Å². The average molecular weight is 214 g/mol. The first-order valence-electron chi connectivity index (χ1n) is 5.93. The molecule has 0 radical (unpaired) electrons. The van der Waals surface area contributed by atoms with Gasteiger partial charge in [-0.25, -0.2) is 0 Å². The standard InChI is InChI=1S/C14H18N2/c1-11-9-12(2)13-5-3-4-6-14(13)16(10-11)8-7-15/h3-6,11-12H,8-10H2,1-2H3/t11-,12-/m1/s1. The number of benzene rings is 1. The van der Waals surface area contributed by atoms with Crippen LogP contribution < -0.4 is 4.90 Å². The molecule has 0 aliphatic carbocycles. The summed E-state index contributed by atoms with van der Waals surface area (Å²) in [4.78, 5) is 2.21. The lowest BCUT2D eigenvalue weighted by Crippen LogP contribution is -2.27. The molecule has 0 fully saturated rings. The number of anilines is 1. The number of hydrogen-bond acceptors (Lipinski definition) is 2. The van der Waals surface area contributed by atoms with Crippen LogP contribution in [0, 0.1) is 17.2 Å². The summed E-state index contributed by atoms with van der Waals surface area (Å²) in [5.74, 6) is 1.24. The first-order valence-corrected chi connectivity index (χ1v) is 5.93. The van der Waals surface area contributed by atoms with E-state index in [0.29, 0.717) is 18.4 Å². The highest BCUT2D eigenvalue weighted by Gasteiger charge is 2.23. The van der Waals surface area contributed by atoms with Crippen LogP contribution >= 0.6 is 0 Å². The highest BCUT2D eigenvalue weighted by molar-refractivity contribution is 5.56. The lowest BCUT2D eigenvalue weighted by Gasteiger charge is -2.23. The second-order valence-corrected chi connectivity index (χ2v) is 4.84. The van der Waals surface area contributed by atoms with Crippen LogP contribution in [0.3, 0.4) is 0 Å². The molecule has 84 valence electrons. The quantitative estimate of drug-likeness (QED) is 0.671. The monoisotopic (exact) mass is 214 g/mol. The Kier molecular flexibility index (Phi) is 3.14. The maximum atomic E-state index is 8.90. The van der Waals surface area contributed by atoms with Gasteiger partial charge in [0.05, 0.1) is 6.07 Å². The van der Waals surface area contributed by atoms with Gasteiger partial charge in [-0.15, -0.1) is 0 Å². The predicted molar refractivity (Wildman–Crippen MR) is 66.5 cm³/mol. The van der Waals surface area contributed by atoms with Gasteiger partial charge in [-0.2, -0.15) is 5.26 Å². The first kappa shape index (κ1) is 11.0. The maximum Gasteiger partial charge on any atom is 0.105 e. The van der Waals surface area contributed by atoms with Crippen molar-refractivity contribution in [3.8, 4) is 6.07 Å². The van der Waals surface area contributed by atoms with Crippen LogP contribution in [-0.4, -0.2) is 13.1 Å². The summed E-state index contributed by atoms with van der Waals surface area (Å²) in [6, 6.07) is 10.8. The summed E-state index contributed by atoms with van der Waals surface area (Å²) in [5.41, 5.74) is 2.64. The van der Waals surface area contributed by atoms with Gasteiger partial charge in [0.25, 0.3) is 0 Å². The number of hydrogen-bond donors (Lipinski definition) is 0. The summed E-state index contributed by atoms with van der Waals surface area (Å²) in [5, 5.41) is 8.90. The highest BCUT2D eigenvalue weighted by Crippen LogP contribution is 2.35. The molecule has 2 atom stereocenters. The summed E-state index contributed by atoms with van der Waals surface area (Å²) >= 11 is 0. The molecule has 1 aromatic rings. The number of nitrogens with zero attached hydrogens (tertiary/aromatic N) is 2. The predicted octanol–water partition coefficient (Wildman–Crippen LogP) is 3.16. The Hall–Kier alpha value is -1.49. The van der Waals surface area contributed by atoms with Gasteiger partial charge in [0.1, 0.15) is 6.54 Å². The van der Waals surface area contributed by atoms with E-state index in [1.807, 2.05) is 0 Å². The Morgan fingerprint density at radius 1 is 1.38 bits per heavy atom. The maximum absolute atomic E-state index is 8.90. The fourth-order valence-corrected chi connectivity index (χ4v) is 2.71. The molecule has 1 aliphatic heterocycles. The molecule has 1 aliphatic rings. The Morgan fingerprint density at radius 2 is 2.12 bits per heavy atom. The van der Waals surface area contributed by atoms with Crippen molar-refractivity contribution in [1.29, 1.82) is 5.26 Å². The van der Waals surface area contributed by atoms with Gasteiger partial charge in [0.15, 0.2) is 0 Å². The van der Waals surface area contributed by atoms with E-state index in [9.17, 15) is 0 Å². The van der Waals surface area contributed by atoms with Crippen molar-refractivity contribution in [1.82, 2.24) is 0 Å². The summed E-state index contributed by atoms with van der Waals surface area (Å²) < 4.78 is 0. The summed E-state index contributed by atoms with van der Waals surface area (Å²) in [7, 11) is 0. The molecule has 2 heteroatoms.